The van der Waals surface area contributed by atoms with Crippen LogP contribution in [0.15, 0.2) is 40.0 Å². The Hall–Kier alpha value is -2.69. The van der Waals surface area contributed by atoms with Crippen molar-refractivity contribution in [2.45, 2.75) is 18.3 Å². The predicted molar refractivity (Wildman–Crippen MR) is 113 cm³/mol. The SMILES string of the molecule is CC(=O)OCC1=C(C(=O)O)N2C(=O)C(NC(=O)C(=C(Cl)Cl)c3cccc(O)c3)[C@@H]2SC1. The van der Waals surface area contributed by atoms with E-state index in [1.54, 1.807) is 0 Å². The van der Waals surface area contributed by atoms with E-state index in [1.807, 2.05) is 0 Å². The molecule has 0 aromatic heterocycles. The molecule has 0 bridgehead atoms. The van der Waals surface area contributed by atoms with Crippen molar-refractivity contribution in [3.8, 4) is 5.75 Å². The number of nitrogens with zero attached hydrogens (tertiary/aromatic N) is 1. The lowest BCUT2D eigenvalue weighted by molar-refractivity contribution is -0.150. The molecule has 31 heavy (non-hydrogen) atoms. The van der Waals surface area contributed by atoms with E-state index in [-0.39, 0.29) is 45.0 Å². The number of aromatic hydroxyl groups is 1. The number of esters is 1. The third-order valence-corrected chi connectivity index (χ3v) is 6.25. The van der Waals surface area contributed by atoms with E-state index >= 15 is 0 Å². The van der Waals surface area contributed by atoms with Crippen LogP contribution in [0.5, 0.6) is 5.75 Å². The van der Waals surface area contributed by atoms with Gasteiger partial charge >= 0.3 is 11.9 Å². The van der Waals surface area contributed by atoms with Crippen LogP contribution in [-0.4, -0.2) is 62.6 Å². The number of thioether (sulfide) groups is 1. The highest BCUT2D eigenvalue weighted by Crippen LogP contribution is 2.40. The van der Waals surface area contributed by atoms with Crippen molar-refractivity contribution in [2.24, 2.45) is 0 Å². The molecule has 0 aliphatic carbocycles. The third kappa shape index (κ3) is 4.65. The van der Waals surface area contributed by atoms with E-state index in [0.29, 0.717) is 0 Å². The van der Waals surface area contributed by atoms with Gasteiger partial charge in [0.2, 0.25) is 0 Å². The van der Waals surface area contributed by atoms with Crippen LogP contribution in [0.1, 0.15) is 12.5 Å². The van der Waals surface area contributed by atoms with Gasteiger partial charge in [-0.15, -0.1) is 11.8 Å². The number of hydrogen-bond donors (Lipinski definition) is 3. The summed E-state index contributed by atoms with van der Waals surface area (Å²) in [6.45, 7) is 0.948. The molecule has 1 unspecified atom stereocenters. The average Bonchev–Trinajstić information content (AvgIpc) is 2.69. The molecule has 0 spiro atoms. The summed E-state index contributed by atoms with van der Waals surface area (Å²) in [5, 5.41) is 21.1. The zero-order valence-electron chi connectivity index (χ0n) is 15.9. The first kappa shape index (κ1) is 23.0. The number of phenols is 1. The molecule has 1 aromatic rings. The van der Waals surface area contributed by atoms with Gasteiger partial charge in [0, 0.05) is 18.2 Å². The van der Waals surface area contributed by atoms with Gasteiger partial charge in [-0.05, 0) is 17.7 Å². The zero-order chi connectivity index (χ0) is 22.9. The van der Waals surface area contributed by atoms with Gasteiger partial charge in [0.05, 0.1) is 5.57 Å². The number of aliphatic carboxylic acids is 1. The van der Waals surface area contributed by atoms with Gasteiger partial charge in [0.15, 0.2) is 0 Å². The molecule has 3 rings (SSSR count). The first-order chi connectivity index (χ1) is 14.6. The topological polar surface area (TPSA) is 133 Å². The van der Waals surface area contributed by atoms with Crippen LogP contribution in [0.2, 0.25) is 0 Å². The van der Waals surface area contributed by atoms with Crippen molar-refractivity contribution in [1.82, 2.24) is 10.2 Å². The van der Waals surface area contributed by atoms with E-state index in [9.17, 15) is 29.4 Å². The first-order valence-electron chi connectivity index (χ1n) is 8.80. The minimum Gasteiger partial charge on any atom is -0.508 e. The normalized spacial score (nSPS) is 19.8. The third-order valence-electron chi connectivity index (χ3n) is 4.54. The van der Waals surface area contributed by atoms with Crippen molar-refractivity contribution in [2.75, 3.05) is 12.4 Å². The number of rotatable bonds is 6. The molecule has 0 radical (unpaired) electrons. The molecule has 2 aliphatic heterocycles. The highest BCUT2D eigenvalue weighted by molar-refractivity contribution is 8.00. The number of ether oxygens (including phenoxy) is 1. The largest absolute Gasteiger partial charge is 0.508 e. The van der Waals surface area contributed by atoms with Gasteiger partial charge in [-0.25, -0.2) is 4.79 Å². The second-order valence-corrected chi connectivity index (χ2v) is 8.64. The van der Waals surface area contributed by atoms with Crippen molar-refractivity contribution < 1.29 is 34.1 Å². The zero-order valence-corrected chi connectivity index (χ0v) is 18.3. The molecule has 9 nitrogen and oxygen atoms in total. The summed E-state index contributed by atoms with van der Waals surface area (Å²) in [7, 11) is 0. The molecule has 1 fully saturated rings. The van der Waals surface area contributed by atoms with Gasteiger partial charge in [-0.1, -0.05) is 35.3 Å². The number of halogens is 2. The maximum absolute atomic E-state index is 12.8. The molecule has 2 heterocycles. The van der Waals surface area contributed by atoms with Crippen molar-refractivity contribution in [3.63, 3.8) is 0 Å². The van der Waals surface area contributed by atoms with Crippen LogP contribution in [0.3, 0.4) is 0 Å². The summed E-state index contributed by atoms with van der Waals surface area (Å²) in [4.78, 5) is 49.3. The summed E-state index contributed by atoms with van der Waals surface area (Å²) >= 11 is 12.9. The monoisotopic (exact) mass is 486 g/mol. The number of carboxylic acids is 1. The van der Waals surface area contributed by atoms with Crippen molar-refractivity contribution in [3.05, 3.63) is 45.6 Å². The second kappa shape index (κ2) is 9.21. The highest BCUT2D eigenvalue weighted by Gasteiger charge is 2.54. The molecule has 3 N–H and O–H groups in total. The molecule has 1 aromatic carbocycles. The number of β-lactam (4-membered cyclic amide) rings is 1. The average molecular weight is 487 g/mol. The standard InChI is InChI=1S/C19H16Cl2N2O7S/c1-8(24)30-6-10-7-31-18-13(17(27)23(18)14(10)19(28)29)22-16(26)12(15(20)21)9-3-2-4-11(25)5-9/h2-5,13,18,25H,6-7H2,1H3,(H,22,26)(H,28,29)/t13?,18-/m0/s1. The Bertz CT molecular complexity index is 1040. The van der Waals surface area contributed by atoms with Crippen LogP contribution >= 0.6 is 35.0 Å². The lowest BCUT2D eigenvalue weighted by Gasteiger charge is -2.49. The fourth-order valence-electron chi connectivity index (χ4n) is 3.18. The van der Waals surface area contributed by atoms with Crippen molar-refractivity contribution in [1.29, 1.82) is 0 Å². The summed E-state index contributed by atoms with van der Waals surface area (Å²) in [5.41, 5.74) is 0.119. The van der Waals surface area contributed by atoms with Crippen LogP contribution in [0.4, 0.5) is 0 Å². The number of nitrogens with one attached hydrogen (secondary N) is 1. The smallest absolute Gasteiger partial charge is 0.352 e. The van der Waals surface area contributed by atoms with Gasteiger partial charge in [0.1, 0.15) is 34.0 Å². The fourth-order valence-corrected chi connectivity index (χ4v) is 4.90. The molecule has 164 valence electrons. The Labute approximate surface area is 190 Å². The Kier molecular flexibility index (Phi) is 6.83. The Morgan fingerprint density at radius 2 is 2.03 bits per heavy atom. The molecular formula is C19H16Cl2N2O7S. The predicted octanol–water partition coefficient (Wildman–Crippen LogP) is 1.84. The summed E-state index contributed by atoms with van der Waals surface area (Å²) < 4.78 is 4.51. The molecule has 0 saturated carbocycles. The fraction of sp³-hybridized carbons (Fsp3) is 0.263. The van der Waals surface area contributed by atoms with Gasteiger partial charge in [-0.3, -0.25) is 19.3 Å². The molecular weight excluding hydrogens is 471 g/mol. The highest BCUT2D eigenvalue weighted by atomic mass is 35.5. The van der Waals surface area contributed by atoms with E-state index in [1.165, 1.54) is 43.0 Å². The number of phenolic OH excluding ortho intramolecular Hbond substituents is 1. The van der Waals surface area contributed by atoms with Gasteiger partial charge in [0.25, 0.3) is 11.8 Å². The molecule has 2 amide bonds. The minimum absolute atomic E-state index is 0.109. The number of benzene rings is 1. The lowest BCUT2D eigenvalue weighted by atomic mass is 10.0. The first-order valence-corrected chi connectivity index (χ1v) is 10.6. The maximum Gasteiger partial charge on any atom is 0.352 e. The quantitative estimate of drug-likeness (QED) is 0.315. The van der Waals surface area contributed by atoms with Crippen molar-refractivity contribution >= 4 is 64.3 Å². The Balaban J connectivity index is 1.81. The number of carboxylic acid groups (broad SMARTS) is 1. The van der Waals surface area contributed by atoms with E-state index in [2.05, 4.69) is 5.32 Å². The van der Waals surface area contributed by atoms with Crippen LogP contribution < -0.4 is 5.32 Å². The Morgan fingerprint density at radius 1 is 1.32 bits per heavy atom. The number of carbonyl (C=O) groups excluding carboxylic acids is 3. The molecule has 2 atom stereocenters. The Morgan fingerprint density at radius 3 is 2.61 bits per heavy atom. The maximum atomic E-state index is 12.8. The second-order valence-electron chi connectivity index (χ2n) is 6.58. The van der Waals surface area contributed by atoms with E-state index in [4.69, 9.17) is 27.9 Å². The molecule has 12 heteroatoms. The summed E-state index contributed by atoms with van der Waals surface area (Å²) in [6.07, 6.45) is 0. The number of amides is 2. The number of hydrogen-bond acceptors (Lipinski definition) is 7. The minimum atomic E-state index is -1.34. The van der Waals surface area contributed by atoms with Gasteiger partial charge in [-0.2, -0.15) is 0 Å². The van der Waals surface area contributed by atoms with Crippen LogP contribution in [0.25, 0.3) is 5.57 Å². The molecule has 1 saturated heterocycles. The van der Waals surface area contributed by atoms with Crippen LogP contribution in [-0.2, 0) is 23.9 Å². The number of fused-ring (bicyclic) bond motifs is 1. The van der Waals surface area contributed by atoms with Gasteiger partial charge < -0.3 is 20.3 Å². The summed E-state index contributed by atoms with van der Waals surface area (Å²) in [5.74, 6) is -3.22. The van der Waals surface area contributed by atoms with Crippen LogP contribution in [0, 0.1) is 0 Å². The summed E-state index contributed by atoms with van der Waals surface area (Å²) in [6, 6.07) is 4.69. The lowest BCUT2D eigenvalue weighted by Crippen LogP contribution is -2.70. The van der Waals surface area contributed by atoms with E-state index < -0.39 is 35.2 Å². The van der Waals surface area contributed by atoms with E-state index in [0.717, 1.165) is 4.90 Å². The number of carbonyl (C=O) groups is 4. The molecule has 2 aliphatic rings.